The molecule has 0 amide bonds. The van der Waals surface area contributed by atoms with E-state index in [2.05, 4.69) is 21.6 Å². The lowest BCUT2D eigenvalue weighted by molar-refractivity contribution is -0.132. The zero-order valence-corrected chi connectivity index (χ0v) is 23.6. The van der Waals surface area contributed by atoms with E-state index < -0.39 is 18.0 Å². The summed E-state index contributed by atoms with van der Waals surface area (Å²) in [6, 6.07) is -1.70. The second-order valence-corrected chi connectivity index (χ2v) is 11.2. The molecule has 0 saturated carbocycles. The molecule has 11 nitrogen and oxygen atoms in total. The third-order valence-corrected chi connectivity index (χ3v) is 7.05. The molecule has 12 heteroatoms. The highest BCUT2D eigenvalue weighted by molar-refractivity contribution is 7.98. The van der Waals surface area contributed by atoms with E-state index in [-0.39, 0.29) is 36.0 Å². The molecular formula is C25H47N7O4S. The predicted molar refractivity (Wildman–Crippen MR) is 148 cm³/mol. The number of carbonyl (C=O) groups excluding carboxylic acids is 4. The van der Waals surface area contributed by atoms with Crippen molar-refractivity contribution >= 4 is 41.9 Å². The van der Waals surface area contributed by atoms with Gasteiger partial charge in [-0.15, -0.1) is 0 Å². The molecule has 0 aromatic rings. The predicted octanol–water partition coefficient (Wildman–Crippen LogP) is 0.780. The fourth-order valence-corrected chi connectivity index (χ4v) is 4.90. The minimum atomic E-state index is -0.488. The van der Waals surface area contributed by atoms with Crippen molar-refractivity contribution in [2.24, 2.45) is 17.6 Å². The van der Waals surface area contributed by atoms with Crippen LogP contribution < -0.4 is 27.3 Å². The normalized spacial score (nSPS) is 19.2. The van der Waals surface area contributed by atoms with Crippen molar-refractivity contribution in [2.75, 3.05) is 25.1 Å². The van der Waals surface area contributed by atoms with Gasteiger partial charge in [-0.25, -0.2) is 21.3 Å². The van der Waals surface area contributed by atoms with E-state index in [0.29, 0.717) is 51.1 Å². The standard InChI is InChI=1S/C25H47N7O4S/c1-17(2)13-20(16-34)29-30-21(9-12-37-4)23(35)14-18(3)24(36)22-8-6-11-32(22)31-19(15-33)7-5-10-28-25(26)27/h15-22,29-31H,5-14H2,1-4H3,(H4,26,27,28)/t18?,19-,20-,21-,22-/m0/s1. The molecule has 1 heterocycles. The Bertz CT molecular complexity index is 740. The molecule has 0 aliphatic carbocycles. The molecule has 0 radical (unpaired) electrons. The first-order valence-electron chi connectivity index (χ1n) is 13.2. The first-order valence-corrected chi connectivity index (χ1v) is 14.6. The number of carbonyl (C=O) groups is 4. The van der Waals surface area contributed by atoms with Gasteiger partial charge in [0.1, 0.15) is 12.6 Å². The number of nitrogens with two attached hydrogens (primary N) is 1. The number of hydrogen-bond donors (Lipinski definition) is 6. The lowest BCUT2D eigenvalue weighted by atomic mass is 9.91. The average molecular weight is 542 g/mol. The van der Waals surface area contributed by atoms with Crippen molar-refractivity contribution in [3.63, 3.8) is 0 Å². The van der Waals surface area contributed by atoms with E-state index in [9.17, 15) is 19.2 Å². The molecule has 37 heavy (non-hydrogen) atoms. The smallest absolute Gasteiger partial charge is 0.185 e. The Balaban J connectivity index is 2.69. The largest absolute Gasteiger partial charge is 0.370 e. The summed E-state index contributed by atoms with van der Waals surface area (Å²) < 4.78 is 0. The summed E-state index contributed by atoms with van der Waals surface area (Å²) in [4.78, 5) is 49.4. The highest BCUT2D eigenvalue weighted by atomic mass is 32.2. The summed E-state index contributed by atoms with van der Waals surface area (Å²) in [5.74, 6) is 0.469. The first-order chi connectivity index (χ1) is 17.6. The number of aldehydes is 2. The number of nitrogens with zero attached hydrogens (tertiary/aromatic N) is 1. The van der Waals surface area contributed by atoms with Crippen molar-refractivity contribution in [3.05, 3.63) is 0 Å². The Labute approximate surface area is 225 Å². The van der Waals surface area contributed by atoms with E-state index in [1.807, 2.05) is 25.1 Å². The molecule has 0 aromatic heterocycles. The van der Waals surface area contributed by atoms with Crippen molar-refractivity contribution < 1.29 is 19.2 Å². The summed E-state index contributed by atoms with van der Waals surface area (Å²) in [5, 5.41) is 11.7. The molecule has 1 aliphatic heterocycles. The van der Waals surface area contributed by atoms with Crippen LogP contribution in [-0.4, -0.2) is 84.4 Å². The van der Waals surface area contributed by atoms with Gasteiger partial charge in [0.2, 0.25) is 0 Å². The van der Waals surface area contributed by atoms with E-state index in [1.165, 1.54) is 0 Å². The third-order valence-electron chi connectivity index (χ3n) is 6.41. The van der Waals surface area contributed by atoms with E-state index in [0.717, 1.165) is 24.7 Å². The number of ketones is 2. The lowest BCUT2D eigenvalue weighted by Crippen LogP contribution is -2.53. The van der Waals surface area contributed by atoms with Crippen molar-refractivity contribution in [1.29, 1.82) is 5.41 Å². The molecule has 1 saturated heterocycles. The summed E-state index contributed by atoms with van der Waals surface area (Å²) in [7, 11) is 0. The number of rotatable bonds is 21. The van der Waals surface area contributed by atoms with Gasteiger partial charge in [0.15, 0.2) is 17.5 Å². The fraction of sp³-hybridized carbons (Fsp3) is 0.800. The Morgan fingerprint density at radius 1 is 1.14 bits per heavy atom. The second-order valence-electron chi connectivity index (χ2n) is 10.2. The number of Topliss-reactive ketones (excluding diaryl/α,β-unsaturated/α-hetero) is 2. The van der Waals surface area contributed by atoms with Crippen LogP contribution in [0.4, 0.5) is 0 Å². The van der Waals surface area contributed by atoms with Crippen LogP contribution in [0.2, 0.25) is 0 Å². The molecule has 1 aliphatic rings. The molecule has 1 rings (SSSR count). The van der Waals surface area contributed by atoms with Crippen LogP contribution in [0, 0.1) is 17.2 Å². The quantitative estimate of drug-likeness (QED) is 0.0399. The Morgan fingerprint density at radius 2 is 1.84 bits per heavy atom. The third kappa shape index (κ3) is 13.0. The second kappa shape index (κ2) is 18.4. The van der Waals surface area contributed by atoms with E-state index in [4.69, 9.17) is 11.1 Å². The lowest BCUT2D eigenvalue weighted by Gasteiger charge is -2.29. The first kappa shape index (κ1) is 33.2. The van der Waals surface area contributed by atoms with Crippen molar-refractivity contribution in [3.8, 4) is 0 Å². The Hall–Kier alpha value is -1.86. The van der Waals surface area contributed by atoms with Crippen LogP contribution >= 0.6 is 11.8 Å². The molecular weight excluding hydrogens is 494 g/mol. The molecule has 1 unspecified atom stereocenters. The van der Waals surface area contributed by atoms with Crippen LogP contribution in [0.15, 0.2) is 0 Å². The number of guanidine groups is 1. The minimum absolute atomic E-state index is 0.0107. The molecule has 0 bridgehead atoms. The number of nitrogens with one attached hydrogen (secondary N) is 5. The van der Waals surface area contributed by atoms with Gasteiger partial charge in [0.05, 0.1) is 24.2 Å². The zero-order valence-electron chi connectivity index (χ0n) is 22.8. The van der Waals surface area contributed by atoms with Crippen LogP contribution in [0.3, 0.4) is 0 Å². The van der Waals surface area contributed by atoms with Crippen LogP contribution in [0.1, 0.15) is 65.7 Å². The van der Waals surface area contributed by atoms with Gasteiger partial charge >= 0.3 is 0 Å². The maximum atomic E-state index is 13.3. The molecule has 5 atom stereocenters. The van der Waals surface area contributed by atoms with Gasteiger partial charge in [0, 0.05) is 25.4 Å². The highest BCUT2D eigenvalue weighted by Crippen LogP contribution is 2.22. The van der Waals surface area contributed by atoms with Gasteiger partial charge < -0.3 is 20.6 Å². The minimum Gasteiger partial charge on any atom is -0.370 e. The summed E-state index contributed by atoms with van der Waals surface area (Å²) >= 11 is 1.64. The number of thioether (sulfide) groups is 1. The SMILES string of the molecule is CSCC[C@H](NN[C@H](C=O)CC(C)C)C(=O)CC(C)C(=O)[C@@H]1CCCN1N[C@H](C=O)CCCNC(=N)N. The van der Waals surface area contributed by atoms with E-state index in [1.54, 1.807) is 18.7 Å². The Kier molecular flexibility index (Phi) is 16.5. The highest BCUT2D eigenvalue weighted by Gasteiger charge is 2.35. The maximum Gasteiger partial charge on any atom is 0.185 e. The fourth-order valence-electron chi connectivity index (χ4n) is 4.42. The van der Waals surface area contributed by atoms with Gasteiger partial charge in [-0.2, -0.15) is 11.8 Å². The van der Waals surface area contributed by atoms with Gasteiger partial charge in [-0.05, 0) is 56.5 Å². The maximum absolute atomic E-state index is 13.3. The monoisotopic (exact) mass is 541 g/mol. The number of hydrogen-bond acceptors (Lipinski definition) is 10. The molecule has 0 aromatic carbocycles. The van der Waals surface area contributed by atoms with Crippen molar-refractivity contribution in [2.45, 2.75) is 89.9 Å². The topological polar surface area (TPSA) is 170 Å². The van der Waals surface area contributed by atoms with Gasteiger partial charge in [-0.1, -0.05) is 20.8 Å². The van der Waals surface area contributed by atoms with Crippen molar-refractivity contribution in [1.82, 2.24) is 26.6 Å². The summed E-state index contributed by atoms with van der Waals surface area (Å²) in [6.07, 6.45) is 7.72. The summed E-state index contributed by atoms with van der Waals surface area (Å²) in [6.45, 7) is 7.00. The van der Waals surface area contributed by atoms with Crippen LogP contribution in [-0.2, 0) is 19.2 Å². The molecule has 0 spiro atoms. The molecule has 212 valence electrons. The van der Waals surface area contributed by atoms with Gasteiger partial charge in [-0.3, -0.25) is 15.0 Å². The molecule has 7 N–H and O–H groups in total. The van der Waals surface area contributed by atoms with Gasteiger partial charge in [0.25, 0.3) is 0 Å². The average Bonchev–Trinajstić information content (AvgIpc) is 3.31. The Morgan fingerprint density at radius 3 is 2.43 bits per heavy atom. The molecule has 1 fully saturated rings. The van der Waals surface area contributed by atoms with E-state index >= 15 is 0 Å². The van der Waals surface area contributed by atoms with Crippen LogP contribution in [0.5, 0.6) is 0 Å². The van der Waals surface area contributed by atoms with Crippen LogP contribution in [0.25, 0.3) is 0 Å². The summed E-state index contributed by atoms with van der Waals surface area (Å²) in [5.41, 5.74) is 14.5. The zero-order chi connectivity index (χ0) is 27.8. The number of hydrazine groups is 2.